The minimum atomic E-state index is -0.434. The second-order valence-corrected chi connectivity index (χ2v) is 7.59. The Morgan fingerprint density at radius 1 is 1.07 bits per heavy atom. The van der Waals surface area contributed by atoms with Gasteiger partial charge in [-0.1, -0.05) is 54.1 Å². The van der Waals surface area contributed by atoms with Crippen LogP contribution in [-0.2, 0) is 0 Å². The first-order chi connectivity index (χ1) is 14.5. The van der Waals surface area contributed by atoms with Gasteiger partial charge in [0.05, 0.1) is 16.7 Å². The number of anilines is 1. The van der Waals surface area contributed by atoms with Crippen molar-refractivity contribution in [1.29, 1.82) is 0 Å². The zero-order valence-corrected chi connectivity index (χ0v) is 17.3. The largest absolute Gasteiger partial charge is 0.331 e. The molecule has 0 amide bonds. The van der Waals surface area contributed by atoms with Gasteiger partial charge in [0.1, 0.15) is 0 Å². The number of nitro groups is 1. The Balaban J connectivity index is 1.61. The van der Waals surface area contributed by atoms with Crippen LogP contribution in [0, 0.1) is 10.1 Å². The van der Waals surface area contributed by atoms with Gasteiger partial charge in [0.25, 0.3) is 5.69 Å². The quantitative estimate of drug-likeness (QED) is 0.318. The monoisotopic (exact) mass is 436 g/mol. The van der Waals surface area contributed by atoms with Crippen LogP contribution in [0.5, 0.6) is 0 Å². The van der Waals surface area contributed by atoms with E-state index in [1.165, 1.54) is 12.1 Å². The van der Waals surface area contributed by atoms with Crippen molar-refractivity contribution in [2.75, 3.05) is 5.32 Å². The van der Waals surface area contributed by atoms with Crippen LogP contribution in [0.2, 0.25) is 5.02 Å². The maximum absolute atomic E-state index is 10.9. The smallest absolute Gasteiger partial charge is 0.269 e. The summed E-state index contributed by atoms with van der Waals surface area (Å²) in [7, 11) is 0. The number of nitrogens with one attached hydrogen (secondary N) is 1. The van der Waals surface area contributed by atoms with E-state index in [0.717, 1.165) is 16.8 Å². The van der Waals surface area contributed by atoms with Gasteiger partial charge in [-0.25, -0.2) is 5.01 Å². The highest BCUT2D eigenvalue weighted by molar-refractivity contribution is 7.80. The normalized spacial score (nSPS) is 15.6. The van der Waals surface area contributed by atoms with Crippen molar-refractivity contribution in [3.63, 3.8) is 0 Å². The molecule has 3 aromatic carbocycles. The minimum Gasteiger partial charge on any atom is -0.331 e. The third-order valence-corrected chi connectivity index (χ3v) is 5.35. The molecule has 150 valence electrons. The second-order valence-electron chi connectivity index (χ2n) is 6.76. The molecule has 1 heterocycles. The van der Waals surface area contributed by atoms with Gasteiger partial charge in [-0.15, -0.1) is 0 Å². The first kappa shape index (κ1) is 20.0. The van der Waals surface area contributed by atoms with Crippen molar-refractivity contribution in [2.24, 2.45) is 5.10 Å². The third kappa shape index (κ3) is 4.32. The van der Waals surface area contributed by atoms with Gasteiger partial charge in [-0.3, -0.25) is 10.1 Å². The molecule has 0 aliphatic carbocycles. The van der Waals surface area contributed by atoms with E-state index >= 15 is 0 Å². The molecule has 8 heteroatoms. The van der Waals surface area contributed by atoms with Crippen LogP contribution in [0.3, 0.4) is 0 Å². The second kappa shape index (κ2) is 8.61. The summed E-state index contributed by atoms with van der Waals surface area (Å²) in [6.07, 6.45) is 0.688. The summed E-state index contributed by atoms with van der Waals surface area (Å²) in [4.78, 5) is 10.4. The number of halogens is 1. The van der Waals surface area contributed by atoms with Crippen molar-refractivity contribution in [1.82, 2.24) is 5.01 Å². The van der Waals surface area contributed by atoms with E-state index in [-0.39, 0.29) is 11.7 Å². The summed E-state index contributed by atoms with van der Waals surface area (Å²) >= 11 is 11.7. The van der Waals surface area contributed by atoms with Gasteiger partial charge in [0.15, 0.2) is 5.11 Å². The molecule has 3 aromatic rings. The summed E-state index contributed by atoms with van der Waals surface area (Å²) in [6, 6.07) is 23.7. The fourth-order valence-corrected chi connectivity index (χ4v) is 3.71. The molecular weight excluding hydrogens is 420 g/mol. The van der Waals surface area contributed by atoms with Gasteiger partial charge in [0, 0.05) is 29.3 Å². The lowest BCUT2D eigenvalue weighted by Gasteiger charge is -2.24. The molecular formula is C22H17ClN4O2S. The Morgan fingerprint density at radius 2 is 1.73 bits per heavy atom. The number of thiocarbonyl (C=S) groups is 1. The summed E-state index contributed by atoms with van der Waals surface area (Å²) in [5.41, 5.74) is 3.68. The molecule has 1 aliphatic rings. The van der Waals surface area contributed by atoms with Gasteiger partial charge in [-0.05, 0) is 47.6 Å². The van der Waals surface area contributed by atoms with Crippen LogP contribution >= 0.6 is 23.8 Å². The zero-order valence-electron chi connectivity index (χ0n) is 15.7. The van der Waals surface area contributed by atoms with E-state index in [2.05, 4.69) is 5.32 Å². The van der Waals surface area contributed by atoms with E-state index in [0.29, 0.717) is 22.2 Å². The van der Waals surface area contributed by atoms with Crippen molar-refractivity contribution < 1.29 is 4.92 Å². The van der Waals surface area contributed by atoms with E-state index in [1.54, 1.807) is 17.1 Å². The number of rotatable bonds is 4. The van der Waals surface area contributed by atoms with Gasteiger partial charge in [-0.2, -0.15) is 5.10 Å². The third-order valence-electron chi connectivity index (χ3n) is 4.81. The molecule has 0 fully saturated rings. The number of hydrogen-bond donors (Lipinski definition) is 1. The lowest BCUT2D eigenvalue weighted by atomic mass is 9.99. The zero-order chi connectivity index (χ0) is 21.1. The topological polar surface area (TPSA) is 70.8 Å². The molecule has 0 spiro atoms. The molecule has 1 aliphatic heterocycles. The summed E-state index contributed by atoms with van der Waals surface area (Å²) < 4.78 is 0. The van der Waals surface area contributed by atoms with E-state index in [9.17, 15) is 10.1 Å². The van der Waals surface area contributed by atoms with Crippen LogP contribution < -0.4 is 5.32 Å². The maximum atomic E-state index is 10.9. The average Bonchev–Trinajstić information content (AvgIpc) is 3.21. The highest BCUT2D eigenvalue weighted by atomic mass is 35.5. The van der Waals surface area contributed by atoms with E-state index < -0.39 is 4.92 Å². The standard InChI is InChI=1S/C22H17ClN4O2S/c23-17-8-6-15(7-9-17)20-14-21(16-4-2-1-3-5-16)26(25-20)22(30)24-18-10-12-19(13-11-18)27(28)29/h1-13,21H,14H2,(H,24,30). The molecule has 0 aromatic heterocycles. The Morgan fingerprint density at radius 3 is 2.37 bits per heavy atom. The lowest BCUT2D eigenvalue weighted by molar-refractivity contribution is -0.384. The highest BCUT2D eigenvalue weighted by Crippen LogP contribution is 2.33. The molecule has 0 saturated heterocycles. The number of nitro benzene ring substituents is 1. The molecule has 0 saturated carbocycles. The molecule has 6 nitrogen and oxygen atoms in total. The molecule has 4 rings (SSSR count). The first-order valence-corrected chi connectivity index (χ1v) is 10.0. The molecule has 0 radical (unpaired) electrons. The number of non-ortho nitro benzene ring substituents is 1. The lowest BCUT2D eigenvalue weighted by Crippen LogP contribution is -2.31. The Labute approximate surface area is 183 Å². The fraction of sp³-hybridized carbons (Fsp3) is 0.0909. The summed E-state index contributed by atoms with van der Waals surface area (Å²) in [5.74, 6) is 0. The van der Waals surface area contributed by atoms with Crippen molar-refractivity contribution >= 4 is 46.0 Å². The van der Waals surface area contributed by atoms with Crippen LogP contribution in [0.4, 0.5) is 11.4 Å². The van der Waals surface area contributed by atoms with Gasteiger partial charge in [0.2, 0.25) is 0 Å². The van der Waals surface area contributed by atoms with Crippen LogP contribution in [0.1, 0.15) is 23.6 Å². The Hall–Kier alpha value is -3.29. The Kier molecular flexibility index (Phi) is 5.74. The average molecular weight is 437 g/mol. The molecule has 30 heavy (non-hydrogen) atoms. The number of hydrogen-bond acceptors (Lipinski definition) is 4. The van der Waals surface area contributed by atoms with Crippen molar-refractivity contribution in [3.05, 3.63) is 105 Å². The SMILES string of the molecule is O=[N+]([O-])c1ccc(NC(=S)N2N=C(c3ccc(Cl)cc3)CC2c2ccccc2)cc1. The predicted octanol–water partition coefficient (Wildman–Crippen LogP) is 5.80. The predicted molar refractivity (Wildman–Crippen MR) is 123 cm³/mol. The fourth-order valence-electron chi connectivity index (χ4n) is 3.30. The van der Waals surface area contributed by atoms with Gasteiger partial charge >= 0.3 is 0 Å². The van der Waals surface area contributed by atoms with Crippen LogP contribution in [0.25, 0.3) is 0 Å². The Bertz CT molecular complexity index is 1100. The number of hydrazone groups is 1. The summed E-state index contributed by atoms with van der Waals surface area (Å²) in [5, 5.41) is 21.7. The molecule has 1 N–H and O–H groups in total. The van der Waals surface area contributed by atoms with Crippen LogP contribution in [0.15, 0.2) is 84.0 Å². The first-order valence-electron chi connectivity index (χ1n) is 9.24. The van der Waals surface area contributed by atoms with Gasteiger partial charge < -0.3 is 5.32 Å². The van der Waals surface area contributed by atoms with Crippen molar-refractivity contribution in [3.8, 4) is 0 Å². The van der Waals surface area contributed by atoms with E-state index in [1.807, 2.05) is 54.6 Å². The van der Waals surface area contributed by atoms with E-state index in [4.69, 9.17) is 28.9 Å². The highest BCUT2D eigenvalue weighted by Gasteiger charge is 2.31. The number of benzene rings is 3. The maximum Gasteiger partial charge on any atom is 0.269 e. The minimum absolute atomic E-state index is 0.0258. The van der Waals surface area contributed by atoms with Crippen molar-refractivity contribution in [2.45, 2.75) is 12.5 Å². The molecule has 0 bridgehead atoms. The number of nitrogens with zero attached hydrogens (tertiary/aromatic N) is 3. The van der Waals surface area contributed by atoms with Crippen LogP contribution in [-0.4, -0.2) is 20.8 Å². The molecule has 1 unspecified atom stereocenters. The molecule has 1 atom stereocenters. The summed E-state index contributed by atoms with van der Waals surface area (Å²) in [6.45, 7) is 0.